The van der Waals surface area contributed by atoms with Crippen LogP contribution in [0.5, 0.6) is 5.75 Å². The van der Waals surface area contributed by atoms with Crippen molar-refractivity contribution in [2.45, 2.75) is 6.92 Å². The van der Waals surface area contributed by atoms with Gasteiger partial charge in [0.1, 0.15) is 11.4 Å². The predicted molar refractivity (Wildman–Crippen MR) is 96.2 cm³/mol. The van der Waals surface area contributed by atoms with Gasteiger partial charge in [-0.05, 0) is 42.0 Å². The van der Waals surface area contributed by atoms with Crippen LogP contribution in [-0.4, -0.2) is 17.4 Å². The summed E-state index contributed by atoms with van der Waals surface area (Å²) in [5.74, 6) is -0.0177. The molecule has 6 heteroatoms. The zero-order valence-electron chi connectivity index (χ0n) is 13.6. The maximum absolute atomic E-state index is 12.5. The monoisotopic (exact) mass is 336 g/mol. The van der Waals surface area contributed by atoms with Gasteiger partial charge in [-0.3, -0.25) is 14.9 Å². The van der Waals surface area contributed by atoms with Crippen molar-refractivity contribution in [1.29, 1.82) is 0 Å². The minimum Gasteiger partial charge on any atom is -0.494 e. The molecule has 6 nitrogen and oxygen atoms in total. The SMILES string of the molecule is CCOc1ccc(NC(=O)c2ccc3ccccc3c2)c([N+](=O)[O-])c1. The Hall–Kier alpha value is -3.41. The Labute approximate surface area is 144 Å². The first-order chi connectivity index (χ1) is 12.1. The van der Waals surface area contributed by atoms with E-state index in [4.69, 9.17) is 4.74 Å². The summed E-state index contributed by atoms with van der Waals surface area (Å²) < 4.78 is 5.27. The van der Waals surface area contributed by atoms with E-state index in [0.29, 0.717) is 17.9 Å². The van der Waals surface area contributed by atoms with Crippen LogP contribution in [0.1, 0.15) is 17.3 Å². The van der Waals surface area contributed by atoms with Crippen LogP contribution in [-0.2, 0) is 0 Å². The van der Waals surface area contributed by atoms with Gasteiger partial charge in [0.15, 0.2) is 0 Å². The number of ether oxygens (including phenoxy) is 1. The third-order valence-corrected chi connectivity index (χ3v) is 3.74. The molecular weight excluding hydrogens is 320 g/mol. The molecule has 0 unspecified atom stereocenters. The molecule has 0 atom stereocenters. The van der Waals surface area contributed by atoms with Crippen LogP contribution in [0.3, 0.4) is 0 Å². The Kier molecular flexibility index (Phi) is 4.61. The van der Waals surface area contributed by atoms with Crippen molar-refractivity contribution in [3.05, 3.63) is 76.3 Å². The summed E-state index contributed by atoms with van der Waals surface area (Å²) in [4.78, 5) is 23.2. The van der Waals surface area contributed by atoms with Crippen LogP contribution in [0.15, 0.2) is 60.7 Å². The van der Waals surface area contributed by atoms with Crippen LogP contribution in [0.2, 0.25) is 0 Å². The first kappa shape index (κ1) is 16.4. The van der Waals surface area contributed by atoms with Gasteiger partial charge in [-0.2, -0.15) is 0 Å². The molecule has 0 radical (unpaired) electrons. The van der Waals surface area contributed by atoms with Crippen LogP contribution >= 0.6 is 0 Å². The Bertz CT molecular complexity index is 953. The van der Waals surface area contributed by atoms with Crippen molar-refractivity contribution in [3.8, 4) is 5.75 Å². The number of nitrogens with zero attached hydrogens (tertiary/aromatic N) is 1. The molecule has 0 heterocycles. The van der Waals surface area contributed by atoms with E-state index in [2.05, 4.69) is 5.32 Å². The lowest BCUT2D eigenvalue weighted by Gasteiger charge is -2.09. The van der Waals surface area contributed by atoms with Crippen LogP contribution in [0.4, 0.5) is 11.4 Å². The number of anilines is 1. The number of hydrogen-bond donors (Lipinski definition) is 1. The highest BCUT2D eigenvalue weighted by atomic mass is 16.6. The lowest BCUT2D eigenvalue weighted by atomic mass is 10.1. The molecular formula is C19H16N2O4. The Balaban J connectivity index is 1.89. The predicted octanol–water partition coefficient (Wildman–Crippen LogP) is 4.40. The van der Waals surface area contributed by atoms with E-state index in [1.807, 2.05) is 30.3 Å². The fourth-order valence-corrected chi connectivity index (χ4v) is 2.55. The first-order valence-corrected chi connectivity index (χ1v) is 7.80. The van der Waals surface area contributed by atoms with Crippen LogP contribution in [0, 0.1) is 10.1 Å². The highest BCUT2D eigenvalue weighted by Crippen LogP contribution is 2.29. The number of nitro benzene ring substituents is 1. The molecule has 0 bridgehead atoms. The summed E-state index contributed by atoms with van der Waals surface area (Å²) in [5.41, 5.74) is 0.355. The van der Waals surface area contributed by atoms with E-state index < -0.39 is 10.8 Å². The van der Waals surface area contributed by atoms with E-state index >= 15 is 0 Å². The van der Waals surface area contributed by atoms with Crippen LogP contribution < -0.4 is 10.1 Å². The second-order valence-corrected chi connectivity index (χ2v) is 5.39. The van der Waals surface area contributed by atoms with Crippen molar-refractivity contribution in [1.82, 2.24) is 0 Å². The van der Waals surface area contributed by atoms with E-state index in [1.54, 1.807) is 25.1 Å². The van der Waals surface area contributed by atoms with Gasteiger partial charge < -0.3 is 10.1 Å². The number of carbonyl (C=O) groups excluding carboxylic acids is 1. The Morgan fingerprint density at radius 1 is 1.08 bits per heavy atom. The van der Waals surface area contributed by atoms with E-state index in [1.165, 1.54) is 12.1 Å². The second kappa shape index (κ2) is 7.00. The van der Waals surface area contributed by atoms with Crippen molar-refractivity contribution in [2.75, 3.05) is 11.9 Å². The number of benzene rings is 3. The molecule has 0 aliphatic heterocycles. The third kappa shape index (κ3) is 3.58. The fraction of sp³-hybridized carbons (Fsp3) is 0.105. The molecule has 0 fully saturated rings. The highest BCUT2D eigenvalue weighted by molar-refractivity contribution is 6.07. The third-order valence-electron chi connectivity index (χ3n) is 3.74. The zero-order valence-corrected chi connectivity index (χ0v) is 13.6. The molecule has 25 heavy (non-hydrogen) atoms. The minimum absolute atomic E-state index is 0.131. The van der Waals surface area contributed by atoms with Gasteiger partial charge in [0.25, 0.3) is 11.6 Å². The zero-order chi connectivity index (χ0) is 17.8. The second-order valence-electron chi connectivity index (χ2n) is 5.39. The Morgan fingerprint density at radius 2 is 1.84 bits per heavy atom. The molecule has 3 rings (SSSR count). The molecule has 126 valence electrons. The van der Waals surface area contributed by atoms with Gasteiger partial charge in [0.05, 0.1) is 17.6 Å². The van der Waals surface area contributed by atoms with Gasteiger partial charge in [0, 0.05) is 5.56 Å². The van der Waals surface area contributed by atoms with Crippen molar-refractivity contribution >= 4 is 28.1 Å². The average molecular weight is 336 g/mol. The molecule has 0 aliphatic rings. The molecule has 1 N–H and O–H groups in total. The molecule has 1 amide bonds. The molecule has 0 aromatic heterocycles. The standard InChI is InChI=1S/C19H16N2O4/c1-2-25-16-9-10-17(18(12-16)21(23)24)20-19(22)15-8-7-13-5-3-4-6-14(13)11-15/h3-12H,2H2,1H3,(H,20,22). The minimum atomic E-state index is -0.543. The summed E-state index contributed by atoms with van der Waals surface area (Å²) >= 11 is 0. The quantitative estimate of drug-likeness (QED) is 0.553. The lowest BCUT2D eigenvalue weighted by molar-refractivity contribution is -0.384. The highest BCUT2D eigenvalue weighted by Gasteiger charge is 2.18. The number of rotatable bonds is 5. The summed E-state index contributed by atoms with van der Waals surface area (Å²) in [6.07, 6.45) is 0. The average Bonchev–Trinajstić information content (AvgIpc) is 2.62. The maximum atomic E-state index is 12.5. The molecule has 0 spiro atoms. The number of carbonyl (C=O) groups is 1. The number of fused-ring (bicyclic) bond motifs is 1. The molecule has 0 saturated carbocycles. The van der Waals surface area contributed by atoms with Gasteiger partial charge in [0.2, 0.25) is 0 Å². The molecule has 3 aromatic rings. The fourth-order valence-electron chi connectivity index (χ4n) is 2.55. The summed E-state index contributed by atoms with van der Waals surface area (Å²) in [6.45, 7) is 2.20. The summed E-state index contributed by atoms with van der Waals surface area (Å²) in [7, 11) is 0. The topological polar surface area (TPSA) is 81.5 Å². The Morgan fingerprint density at radius 3 is 2.56 bits per heavy atom. The van der Waals surface area contributed by atoms with Gasteiger partial charge >= 0.3 is 0 Å². The van der Waals surface area contributed by atoms with E-state index in [9.17, 15) is 14.9 Å². The summed E-state index contributed by atoms with van der Waals surface area (Å²) in [6, 6.07) is 17.3. The summed E-state index contributed by atoms with van der Waals surface area (Å²) in [5, 5.41) is 15.8. The smallest absolute Gasteiger partial charge is 0.296 e. The van der Waals surface area contributed by atoms with Crippen molar-refractivity contribution < 1.29 is 14.5 Å². The molecule has 0 aliphatic carbocycles. The van der Waals surface area contributed by atoms with Gasteiger partial charge in [-0.15, -0.1) is 0 Å². The van der Waals surface area contributed by atoms with Crippen LogP contribution in [0.25, 0.3) is 10.8 Å². The lowest BCUT2D eigenvalue weighted by Crippen LogP contribution is -2.13. The van der Waals surface area contributed by atoms with Gasteiger partial charge in [-0.1, -0.05) is 30.3 Å². The molecule has 0 saturated heterocycles. The normalized spacial score (nSPS) is 10.4. The van der Waals surface area contributed by atoms with Crippen molar-refractivity contribution in [2.24, 2.45) is 0 Å². The number of hydrogen-bond acceptors (Lipinski definition) is 4. The van der Waals surface area contributed by atoms with Crippen molar-refractivity contribution in [3.63, 3.8) is 0 Å². The van der Waals surface area contributed by atoms with E-state index in [0.717, 1.165) is 10.8 Å². The molecule has 3 aromatic carbocycles. The van der Waals surface area contributed by atoms with E-state index in [-0.39, 0.29) is 11.4 Å². The number of amides is 1. The number of nitrogens with one attached hydrogen (secondary N) is 1. The number of nitro groups is 1. The maximum Gasteiger partial charge on any atom is 0.296 e. The van der Waals surface area contributed by atoms with Gasteiger partial charge in [-0.25, -0.2) is 0 Å². The largest absolute Gasteiger partial charge is 0.494 e. The first-order valence-electron chi connectivity index (χ1n) is 7.80.